The molecular weight excluding hydrogens is 394 g/mol. The third-order valence-corrected chi connectivity index (χ3v) is 5.65. The highest BCUT2D eigenvalue weighted by atomic mass is 35.5. The van der Waals surface area contributed by atoms with Crippen molar-refractivity contribution in [1.29, 1.82) is 0 Å². The zero-order chi connectivity index (χ0) is 20.9. The predicted molar refractivity (Wildman–Crippen MR) is 122 cm³/mol. The first-order valence-corrected chi connectivity index (χ1v) is 10.6. The Morgan fingerprint density at radius 3 is 2.50 bits per heavy atom. The van der Waals surface area contributed by atoms with Gasteiger partial charge in [0.2, 0.25) is 0 Å². The molecule has 4 nitrogen and oxygen atoms in total. The average Bonchev–Trinajstić information content (AvgIpc) is 3.15. The summed E-state index contributed by atoms with van der Waals surface area (Å²) in [6, 6.07) is 25.9. The first-order valence-electron chi connectivity index (χ1n) is 10.2. The summed E-state index contributed by atoms with van der Waals surface area (Å²) < 4.78 is 2.31. The number of halogens is 1. The number of amides is 1. The van der Waals surface area contributed by atoms with Crippen molar-refractivity contribution in [1.82, 2.24) is 14.9 Å². The minimum absolute atomic E-state index is 0.147. The smallest absolute Gasteiger partial charge is 0.252 e. The maximum absolute atomic E-state index is 12.4. The molecule has 0 saturated carbocycles. The number of nitrogens with zero attached hydrogens (tertiary/aromatic N) is 2. The second kappa shape index (κ2) is 9.14. The van der Waals surface area contributed by atoms with Crippen molar-refractivity contribution in [3.63, 3.8) is 0 Å². The van der Waals surface area contributed by atoms with E-state index in [0.29, 0.717) is 17.1 Å². The van der Waals surface area contributed by atoms with Gasteiger partial charge in [-0.2, -0.15) is 0 Å². The van der Waals surface area contributed by atoms with Gasteiger partial charge in [0.25, 0.3) is 5.91 Å². The van der Waals surface area contributed by atoms with E-state index in [1.54, 1.807) is 12.1 Å². The fourth-order valence-corrected chi connectivity index (χ4v) is 3.99. The first-order chi connectivity index (χ1) is 14.6. The molecule has 30 heavy (non-hydrogen) atoms. The lowest BCUT2D eigenvalue weighted by Crippen LogP contribution is -2.25. The van der Waals surface area contributed by atoms with Crippen molar-refractivity contribution in [2.75, 3.05) is 6.54 Å². The van der Waals surface area contributed by atoms with Gasteiger partial charge in [-0.3, -0.25) is 4.79 Å². The molecule has 1 aromatic heterocycles. The number of hydrogen-bond acceptors (Lipinski definition) is 2. The Balaban J connectivity index is 1.49. The molecule has 1 amide bonds. The molecule has 0 spiro atoms. The number of carbonyl (C=O) groups is 1. The molecule has 0 bridgehead atoms. The minimum atomic E-state index is -0.147. The SMILES string of the molecule is CC(c1ccccc1)n1c(CCCNC(=O)c2ccccc2Cl)nc2ccccc21. The van der Waals surface area contributed by atoms with Crippen LogP contribution in [0, 0.1) is 0 Å². The van der Waals surface area contributed by atoms with E-state index in [1.165, 1.54) is 5.56 Å². The fourth-order valence-electron chi connectivity index (χ4n) is 3.77. The lowest BCUT2D eigenvalue weighted by atomic mass is 10.1. The molecule has 1 atom stereocenters. The van der Waals surface area contributed by atoms with Gasteiger partial charge >= 0.3 is 0 Å². The maximum atomic E-state index is 12.4. The Morgan fingerprint density at radius 2 is 1.70 bits per heavy atom. The largest absolute Gasteiger partial charge is 0.352 e. The van der Waals surface area contributed by atoms with Crippen LogP contribution in [0.15, 0.2) is 78.9 Å². The molecule has 4 rings (SSSR count). The summed E-state index contributed by atoms with van der Waals surface area (Å²) in [6.45, 7) is 2.76. The van der Waals surface area contributed by atoms with Crippen LogP contribution in [0.4, 0.5) is 0 Å². The van der Waals surface area contributed by atoms with Crippen LogP contribution >= 0.6 is 11.6 Å². The maximum Gasteiger partial charge on any atom is 0.252 e. The summed E-state index contributed by atoms with van der Waals surface area (Å²) in [5.74, 6) is 0.881. The van der Waals surface area contributed by atoms with Crippen molar-refractivity contribution < 1.29 is 4.79 Å². The van der Waals surface area contributed by atoms with E-state index in [-0.39, 0.29) is 11.9 Å². The van der Waals surface area contributed by atoms with Crippen LogP contribution in [0.3, 0.4) is 0 Å². The second-order valence-electron chi connectivity index (χ2n) is 7.31. The molecule has 1 N–H and O–H groups in total. The van der Waals surface area contributed by atoms with Crippen LogP contribution in [0.2, 0.25) is 5.02 Å². The van der Waals surface area contributed by atoms with Crippen LogP contribution in [-0.2, 0) is 6.42 Å². The molecule has 0 radical (unpaired) electrons. The van der Waals surface area contributed by atoms with Gasteiger partial charge < -0.3 is 9.88 Å². The van der Waals surface area contributed by atoms with Crippen LogP contribution < -0.4 is 5.32 Å². The van der Waals surface area contributed by atoms with E-state index in [1.807, 2.05) is 36.4 Å². The highest BCUT2D eigenvalue weighted by molar-refractivity contribution is 6.33. The number of rotatable bonds is 7. The number of aryl methyl sites for hydroxylation is 1. The van der Waals surface area contributed by atoms with Gasteiger partial charge in [0.1, 0.15) is 5.82 Å². The number of hydrogen-bond donors (Lipinski definition) is 1. The Bertz CT molecular complexity index is 1150. The van der Waals surface area contributed by atoms with E-state index in [0.717, 1.165) is 29.7 Å². The van der Waals surface area contributed by atoms with E-state index in [2.05, 4.69) is 47.1 Å². The third kappa shape index (κ3) is 4.24. The molecule has 4 aromatic rings. The average molecular weight is 418 g/mol. The summed E-state index contributed by atoms with van der Waals surface area (Å²) >= 11 is 6.11. The first kappa shape index (κ1) is 20.2. The van der Waals surface area contributed by atoms with E-state index in [4.69, 9.17) is 16.6 Å². The van der Waals surface area contributed by atoms with Crippen LogP contribution in [0.25, 0.3) is 11.0 Å². The summed E-state index contributed by atoms with van der Waals surface area (Å²) in [5, 5.41) is 3.43. The van der Waals surface area contributed by atoms with Gasteiger partial charge in [-0.15, -0.1) is 0 Å². The van der Waals surface area contributed by atoms with Crippen molar-refractivity contribution in [3.8, 4) is 0 Å². The molecular formula is C25H24ClN3O. The van der Waals surface area contributed by atoms with Gasteiger partial charge in [-0.1, -0.05) is 66.2 Å². The van der Waals surface area contributed by atoms with Crippen LogP contribution in [0.5, 0.6) is 0 Å². The van der Waals surface area contributed by atoms with E-state index < -0.39 is 0 Å². The lowest BCUT2D eigenvalue weighted by molar-refractivity contribution is 0.0953. The molecule has 5 heteroatoms. The molecule has 0 fully saturated rings. The summed E-state index contributed by atoms with van der Waals surface area (Å²) in [6.07, 6.45) is 1.57. The molecule has 0 aliphatic carbocycles. The molecule has 3 aromatic carbocycles. The Hall–Kier alpha value is -3.11. The number of carbonyl (C=O) groups excluding carboxylic acids is 1. The zero-order valence-corrected chi connectivity index (χ0v) is 17.6. The molecule has 1 heterocycles. The van der Waals surface area contributed by atoms with Gasteiger partial charge in [0.05, 0.1) is 27.7 Å². The van der Waals surface area contributed by atoms with Crippen LogP contribution in [0.1, 0.15) is 41.1 Å². The number of benzene rings is 3. The third-order valence-electron chi connectivity index (χ3n) is 5.32. The Kier molecular flexibility index (Phi) is 6.15. The van der Waals surface area contributed by atoms with Gasteiger partial charge in [0, 0.05) is 13.0 Å². The summed E-state index contributed by atoms with van der Waals surface area (Å²) in [5.41, 5.74) is 3.87. The van der Waals surface area contributed by atoms with E-state index >= 15 is 0 Å². The molecule has 0 aliphatic heterocycles. The van der Waals surface area contributed by atoms with Gasteiger partial charge in [-0.25, -0.2) is 4.98 Å². The topological polar surface area (TPSA) is 46.9 Å². The van der Waals surface area contributed by atoms with Gasteiger partial charge in [0.15, 0.2) is 0 Å². The molecule has 152 valence electrons. The van der Waals surface area contributed by atoms with Crippen molar-refractivity contribution >= 4 is 28.5 Å². The number of para-hydroxylation sites is 2. The van der Waals surface area contributed by atoms with E-state index in [9.17, 15) is 4.79 Å². The van der Waals surface area contributed by atoms with Gasteiger partial charge in [-0.05, 0) is 43.2 Å². The standard InChI is InChI=1S/C25H24ClN3O/c1-18(19-10-3-2-4-11-19)29-23-15-8-7-14-22(23)28-24(29)16-9-17-27-25(30)20-12-5-6-13-21(20)26/h2-8,10-15,18H,9,16-17H2,1H3,(H,27,30). The number of nitrogens with one attached hydrogen (secondary N) is 1. The Labute approximate surface area is 181 Å². The summed E-state index contributed by atoms with van der Waals surface area (Å²) in [4.78, 5) is 17.2. The quantitative estimate of drug-likeness (QED) is 0.394. The zero-order valence-electron chi connectivity index (χ0n) is 16.9. The van der Waals surface area contributed by atoms with Crippen molar-refractivity contribution in [2.24, 2.45) is 0 Å². The monoisotopic (exact) mass is 417 g/mol. The normalized spacial score (nSPS) is 12.1. The van der Waals surface area contributed by atoms with Crippen LogP contribution in [-0.4, -0.2) is 22.0 Å². The van der Waals surface area contributed by atoms with Crippen molar-refractivity contribution in [3.05, 3.63) is 101 Å². The Morgan fingerprint density at radius 1 is 1.00 bits per heavy atom. The highest BCUT2D eigenvalue weighted by Crippen LogP contribution is 2.26. The fraction of sp³-hybridized carbons (Fsp3) is 0.200. The number of fused-ring (bicyclic) bond motifs is 1. The highest BCUT2D eigenvalue weighted by Gasteiger charge is 2.17. The molecule has 1 unspecified atom stereocenters. The molecule has 0 saturated heterocycles. The number of imidazole rings is 1. The van der Waals surface area contributed by atoms with Crippen molar-refractivity contribution in [2.45, 2.75) is 25.8 Å². The summed E-state index contributed by atoms with van der Waals surface area (Å²) in [7, 11) is 0. The lowest BCUT2D eigenvalue weighted by Gasteiger charge is -2.18. The second-order valence-corrected chi connectivity index (χ2v) is 7.72. The predicted octanol–water partition coefficient (Wildman–Crippen LogP) is 5.66. The minimum Gasteiger partial charge on any atom is -0.352 e. The molecule has 0 aliphatic rings. The number of aromatic nitrogens is 2.